The van der Waals surface area contributed by atoms with E-state index >= 15 is 0 Å². The van der Waals surface area contributed by atoms with E-state index in [-0.39, 0.29) is 21.5 Å². The summed E-state index contributed by atoms with van der Waals surface area (Å²) in [5.41, 5.74) is 0.612. The first-order valence-corrected chi connectivity index (χ1v) is 14.4. The number of hydrogen-bond acceptors (Lipinski definition) is 7. The lowest BCUT2D eigenvalue weighted by molar-refractivity contribution is -0.120. The van der Waals surface area contributed by atoms with E-state index in [4.69, 9.17) is 4.74 Å². The summed E-state index contributed by atoms with van der Waals surface area (Å²) < 4.78 is 47.3. The van der Waals surface area contributed by atoms with E-state index in [0.717, 1.165) is 31.9 Å². The van der Waals surface area contributed by atoms with Gasteiger partial charge in [0.15, 0.2) is 20.1 Å². The molecule has 1 aliphatic carbocycles. The number of amides is 1. The van der Waals surface area contributed by atoms with Crippen molar-refractivity contribution in [1.29, 1.82) is 0 Å². The van der Waals surface area contributed by atoms with Gasteiger partial charge in [0.25, 0.3) is 5.56 Å². The molecule has 0 aromatic carbocycles. The molecule has 1 amide bonds. The molecule has 3 heterocycles. The fraction of sp³-hybridized carbons (Fsp3) is 0.625. The number of aromatic nitrogens is 2. The van der Waals surface area contributed by atoms with E-state index in [2.05, 4.69) is 10.3 Å². The lowest BCUT2D eigenvalue weighted by Gasteiger charge is -2.29. The summed E-state index contributed by atoms with van der Waals surface area (Å²) in [6, 6.07) is -0.891. The molecule has 1 aliphatic heterocycles. The van der Waals surface area contributed by atoms with Gasteiger partial charge in [0.05, 0.1) is 16.3 Å². The first-order valence-electron chi connectivity index (χ1n) is 12.1. The zero-order valence-electron chi connectivity index (χ0n) is 20.3. The number of halogens is 1. The topological polar surface area (TPSA) is 107 Å². The SMILES string of the molecule is Cc1c(S(=O)(=O)C2CCCC2)c(C)c(=O)n(C(CC2CCOCC2)C(=O)Nc2ncc(F)s2)c1C. The van der Waals surface area contributed by atoms with Gasteiger partial charge >= 0.3 is 0 Å². The number of carbonyl (C=O) groups is 1. The number of carbonyl (C=O) groups excluding carboxylic acids is 1. The van der Waals surface area contributed by atoms with Crippen molar-refractivity contribution in [2.75, 3.05) is 18.5 Å². The first kappa shape index (κ1) is 26.0. The van der Waals surface area contributed by atoms with Crippen LogP contribution in [0.15, 0.2) is 15.9 Å². The summed E-state index contributed by atoms with van der Waals surface area (Å²) in [7, 11) is -3.66. The van der Waals surface area contributed by atoms with Crippen molar-refractivity contribution in [3.8, 4) is 0 Å². The molecule has 11 heteroatoms. The average Bonchev–Trinajstić information content (AvgIpc) is 3.50. The molecule has 2 fully saturated rings. The Morgan fingerprint density at radius 1 is 1.20 bits per heavy atom. The molecule has 35 heavy (non-hydrogen) atoms. The second kappa shape index (κ2) is 10.5. The Hall–Kier alpha value is -2.11. The molecule has 1 unspecified atom stereocenters. The number of nitrogens with one attached hydrogen (secondary N) is 1. The summed E-state index contributed by atoms with van der Waals surface area (Å²) in [5.74, 6) is -0.317. The van der Waals surface area contributed by atoms with Gasteiger partial charge in [0.2, 0.25) is 5.91 Å². The normalized spacial score (nSPS) is 18.6. The number of anilines is 1. The summed E-state index contributed by atoms with van der Waals surface area (Å²) >= 11 is 0.713. The Morgan fingerprint density at radius 2 is 1.86 bits per heavy atom. The van der Waals surface area contributed by atoms with Gasteiger partial charge in [-0.15, -0.1) is 0 Å². The van der Waals surface area contributed by atoms with E-state index in [1.54, 1.807) is 13.8 Å². The lowest BCUT2D eigenvalue weighted by Crippen LogP contribution is -2.39. The van der Waals surface area contributed by atoms with E-state index in [0.29, 0.717) is 55.1 Å². The van der Waals surface area contributed by atoms with Crippen molar-refractivity contribution in [3.05, 3.63) is 38.5 Å². The van der Waals surface area contributed by atoms with Crippen LogP contribution in [0.2, 0.25) is 0 Å². The molecule has 1 atom stereocenters. The highest BCUT2D eigenvalue weighted by molar-refractivity contribution is 7.92. The van der Waals surface area contributed by atoms with Crippen LogP contribution in [0, 0.1) is 31.8 Å². The third-order valence-corrected chi connectivity index (χ3v) is 10.6. The van der Waals surface area contributed by atoms with Crippen molar-refractivity contribution < 1.29 is 22.3 Å². The Kier molecular flexibility index (Phi) is 7.77. The van der Waals surface area contributed by atoms with Gasteiger partial charge in [0.1, 0.15) is 6.04 Å². The van der Waals surface area contributed by atoms with Crippen molar-refractivity contribution in [2.24, 2.45) is 5.92 Å². The van der Waals surface area contributed by atoms with Gasteiger partial charge in [-0.05, 0) is 64.4 Å². The van der Waals surface area contributed by atoms with Crippen molar-refractivity contribution in [3.63, 3.8) is 0 Å². The van der Waals surface area contributed by atoms with Gasteiger partial charge in [0, 0.05) is 24.5 Å². The number of thiazole rings is 1. The maximum Gasteiger partial charge on any atom is 0.255 e. The van der Waals surface area contributed by atoms with Gasteiger partial charge in [-0.25, -0.2) is 13.4 Å². The average molecular weight is 526 g/mol. The highest BCUT2D eigenvalue weighted by Crippen LogP contribution is 2.34. The molecule has 2 aliphatic rings. The second-order valence-corrected chi connectivity index (χ2v) is 12.7. The molecule has 192 valence electrons. The minimum Gasteiger partial charge on any atom is -0.381 e. The molecule has 4 rings (SSSR count). The predicted molar refractivity (Wildman–Crippen MR) is 132 cm³/mol. The minimum atomic E-state index is -3.66. The standard InChI is InChI=1S/C24H32FN3O5S2/c1-14-16(3)28(23(30)15(2)21(14)35(31,32)18-6-4-5-7-18)19(12-17-8-10-33-11-9-17)22(29)27-24-26-13-20(25)34-24/h13,17-19H,4-12H2,1-3H3,(H,26,27,29). The second-order valence-electron chi connectivity index (χ2n) is 9.56. The van der Waals surface area contributed by atoms with Crippen LogP contribution in [0.4, 0.5) is 9.52 Å². The highest BCUT2D eigenvalue weighted by Gasteiger charge is 2.36. The van der Waals surface area contributed by atoms with Crippen LogP contribution in [0.1, 0.15) is 67.8 Å². The van der Waals surface area contributed by atoms with E-state index in [9.17, 15) is 22.4 Å². The van der Waals surface area contributed by atoms with Crippen LogP contribution in [0.3, 0.4) is 0 Å². The number of sulfone groups is 1. The van der Waals surface area contributed by atoms with Crippen LogP contribution in [-0.2, 0) is 19.4 Å². The minimum absolute atomic E-state index is 0.107. The Labute approximate surface area is 208 Å². The van der Waals surface area contributed by atoms with E-state index in [1.807, 2.05) is 0 Å². The third-order valence-electron chi connectivity index (χ3n) is 7.37. The number of rotatable bonds is 7. The van der Waals surface area contributed by atoms with Gasteiger partial charge in [-0.3, -0.25) is 14.2 Å². The van der Waals surface area contributed by atoms with E-state index < -0.39 is 37.7 Å². The predicted octanol–water partition coefficient (Wildman–Crippen LogP) is 4.08. The van der Waals surface area contributed by atoms with Gasteiger partial charge < -0.3 is 10.1 Å². The summed E-state index contributed by atoms with van der Waals surface area (Å²) in [6.45, 7) is 6.10. The van der Waals surface area contributed by atoms with Crippen molar-refractivity contribution in [2.45, 2.75) is 81.9 Å². The molecule has 0 spiro atoms. The molecule has 8 nitrogen and oxygen atoms in total. The molecule has 1 N–H and O–H groups in total. The highest BCUT2D eigenvalue weighted by atomic mass is 32.2. The van der Waals surface area contributed by atoms with Crippen LogP contribution >= 0.6 is 11.3 Å². The number of pyridine rings is 1. The van der Waals surface area contributed by atoms with Crippen molar-refractivity contribution in [1.82, 2.24) is 9.55 Å². The summed E-state index contributed by atoms with van der Waals surface area (Å²) in [5, 5.41) is 1.77. The number of nitrogens with zero attached hydrogens (tertiary/aromatic N) is 2. The lowest BCUT2D eigenvalue weighted by atomic mass is 9.91. The quantitative estimate of drug-likeness (QED) is 0.584. The summed E-state index contributed by atoms with van der Waals surface area (Å²) in [6.07, 6.45) is 5.86. The molecule has 0 radical (unpaired) electrons. The van der Waals surface area contributed by atoms with Crippen LogP contribution in [0.25, 0.3) is 0 Å². The zero-order valence-corrected chi connectivity index (χ0v) is 21.9. The fourth-order valence-electron chi connectivity index (χ4n) is 5.35. The van der Waals surface area contributed by atoms with Gasteiger partial charge in [-0.1, -0.05) is 24.2 Å². The van der Waals surface area contributed by atoms with Crippen molar-refractivity contribution >= 4 is 32.2 Å². The molecule has 1 saturated carbocycles. The van der Waals surface area contributed by atoms with Crippen LogP contribution < -0.4 is 10.9 Å². The Bertz CT molecular complexity index is 1260. The van der Waals surface area contributed by atoms with Crippen LogP contribution in [-0.4, -0.2) is 42.3 Å². The summed E-state index contributed by atoms with van der Waals surface area (Å²) in [4.78, 5) is 31.1. The zero-order chi connectivity index (χ0) is 25.3. The first-order chi connectivity index (χ1) is 16.6. The maximum absolute atomic E-state index is 13.7. The Morgan fingerprint density at radius 3 is 2.46 bits per heavy atom. The fourth-order valence-corrected chi connectivity index (χ4v) is 8.28. The van der Waals surface area contributed by atoms with Gasteiger partial charge in [-0.2, -0.15) is 4.39 Å². The largest absolute Gasteiger partial charge is 0.381 e. The molecule has 1 saturated heterocycles. The third kappa shape index (κ3) is 5.22. The molecule has 2 aromatic heterocycles. The smallest absolute Gasteiger partial charge is 0.255 e. The maximum atomic E-state index is 13.7. The van der Waals surface area contributed by atoms with Crippen LogP contribution in [0.5, 0.6) is 0 Å². The molecule has 0 bridgehead atoms. The molecular formula is C24H32FN3O5S2. The monoisotopic (exact) mass is 525 g/mol. The Balaban J connectivity index is 1.78. The van der Waals surface area contributed by atoms with E-state index in [1.165, 1.54) is 11.5 Å². The number of hydrogen-bond donors (Lipinski definition) is 1. The number of ether oxygens (including phenoxy) is 1. The molecule has 2 aromatic rings. The molecular weight excluding hydrogens is 493 g/mol.